The molecule has 0 radical (unpaired) electrons. The summed E-state index contributed by atoms with van der Waals surface area (Å²) in [6, 6.07) is 10.5. The van der Waals surface area contributed by atoms with E-state index >= 15 is 0 Å². The Morgan fingerprint density at radius 3 is 2.48 bits per heavy atom. The molecule has 1 fully saturated rings. The van der Waals surface area contributed by atoms with E-state index in [0.717, 1.165) is 48.1 Å². The molecule has 134 valence electrons. The van der Waals surface area contributed by atoms with Crippen LogP contribution < -0.4 is 5.19 Å². The van der Waals surface area contributed by atoms with Gasteiger partial charge in [0.05, 0.1) is 13.8 Å². The fourth-order valence-corrected chi connectivity index (χ4v) is 5.37. The zero-order valence-electron chi connectivity index (χ0n) is 18.4. The highest BCUT2D eigenvalue weighted by Gasteiger charge is 2.23. The predicted octanol–water partition coefficient (Wildman–Crippen LogP) is 6.46. The normalized spacial score (nSPS) is 19.2. The van der Waals surface area contributed by atoms with E-state index in [0.29, 0.717) is 0 Å². The summed E-state index contributed by atoms with van der Waals surface area (Å²) in [7, 11) is -1.57. The Hall–Kier alpha value is -1.41. The van der Waals surface area contributed by atoms with Crippen LogP contribution in [0, 0.1) is 0 Å². The number of nitrogens with zero attached hydrogens (tertiary/aromatic N) is 1. The first-order valence-corrected chi connectivity index (χ1v) is 13.1. The number of benzene rings is 1. The van der Waals surface area contributed by atoms with Gasteiger partial charge in [0.1, 0.15) is 0 Å². The first-order valence-electron chi connectivity index (χ1n) is 10.6. The molecule has 2 heteroatoms. The van der Waals surface area contributed by atoms with Crippen LogP contribution in [0.5, 0.6) is 0 Å². The molecule has 0 spiro atoms. The summed E-state index contributed by atoms with van der Waals surface area (Å²) in [5.41, 5.74) is 4.20. The minimum Gasteiger partial charge on any atom is -0.256 e. The van der Waals surface area contributed by atoms with Gasteiger partial charge in [-0.1, -0.05) is 71.0 Å². The topological polar surface area (TPSA) is 12.9 Å². The van der Waals surface area contributed by atoms with Crippen LogP contribution in [0.4, 0.5) is 0 Å². The van der Waals surface area contributed by atoms with Gasteiger partial charge in [-0.15, -0.1) is 0 Å². The first kappa shape index (κ1) is 15.8. The van der Waals surface area contributed by atoms with Gasteiger partial charge in [0.25, 0.3) is 0 Å². The summed E-state index contributed by atoms with van der Waals surface area (Å²) >= 11 is 0. The molecule has 0 aliphatic heterocycles. The van der Waals surface area contributed by atoms with Crippen molar-refractivity contribution < 1.29 is 2.74 Å². The van der Waals surface area contributed by atoms with Crippen molar-refractivity contribution in [3.8, 4) is 11.3 Å². The number of aromatic nitrogens is 1. The highest BCUT2D eigenvalue weighted by atomic mass is 28.3. The zero-order chi connectivity index (χ0) is 19.9. The van der Waals surface area contributed by atoms with Crippen LogP contribution in [0.3, 0.4) is 0 Å². The Labute approximate surface area is 157 Å². The molecule has 1 aliphatic rings. The van der Waals surface area contributed by atoms with E-state index in [4.69, 9.17) is 7.73 Å². The van der Waals surface area contributed by atoms with Gasteiger partial charge in [0, 0.05) is 14.5 Å². The molecule has 1 aromatic carbocycles. The lowest BCUT2D eigenvalue weighted by molar-refractivity contribution is 0.443. The van der Waals surface area contributed by atoms with Gasteiger partial charge in [-0.3, -0.25) is 4.98 Å². The summed E-state index contributed by atoms with van der Waals surface area (Å²) in [5.74, 6) is -1.10. The Morgan fingerprint density at radius 2 is 1.84 bits per heavy atom. The van der Waals surface area contributed by atoms with Gasteiger partial charge in [-0.05, 0) is 53.1 Å². The Kier molecular flexibility index (Phi) is 4.71. The van der Waals surface area contributed by atoms with Crippen LogP contribution in [0.25, 0.3) is 11.3 Å². The maximum atomic E-state index is 8.93. The number of hydrogen-bond donors (Lipinski definition) is 0. The molecule has 1 saturated carbocycles. The molecule has 0 amide bonds. The summed E-state index contributed by atoms with van der Waals surface area (Å²) in [5, 5.41) is 1.27. The largest absolute Gasteiger partial charge is 0.256 e. The van der Waals surface area contributed by atoms with Gasteiger partial charge in [-0.2, -0.15) is 0 Å². The van der Waals surface area contributed by atoms with Crippen molar-refractivity contribution in [2.75, 3.05) is 0 Å². The average molecular weight is 354 g/mol. The predicted molar refractivity (Wildman–Crippen MR) is 113 cm³/mol. The molecule has 25 heavy (non-hydrogen) atoms. The molecule has 0 saturated heterocycles. The van der Waals surface area contributed by atoms with Crippen molar-refractivity contribution in [2.24, 2.45) is 0 Å². The number of hydrogen-bond acceptors (Lipinski definition) is 1. The molecule has 0 N–H and O–H groups in total. The standard InChI is InChI=1S/C23H33NSi/c1-17(2)21-15-22(24-16-23(21)25(3,4)5)20-13-9-12-19(14-20)18-10-7-6-8-11-18/h9,12-18H,6-8,10-11H2,1-5H3/i17D,18D. The van der Waals surface area contributed by atoms with Gasteiger partial charge in [0.15, 0.2) is 0 Å². The molecule has 0 bridgehead atoms. The van der Waals surface area contributed by atoms with E-state index in [2.05, 4.69) is 50.0 Å². The number of rotatable bonds is 4. The second kappa shape index (κ2) is 7.45. The SMILES string of the molecule is [2H]C(C)(C)c1cc(-c2cccc(C3([2H])CCCCC3)c2)ncc1[Si](C)(C)C. The third-order valence-corrected chi connectivity index (χ3v) is 7.29. The van der Waals surface area contributed by atoms with E-state index in [-0.39, 0.29) is 0 Å². The molecule has 1 aromatic heterocycles. The van der Waals surface area contributed by atoms with Crippen molar-refractivity contribution in [1.29, 1.82) is 0 Å². The van der Waals surface area contributed by atoms with Crippen LogP contribution >= 0.6 is 0 Å². The first-order chi connectivity index (χ1) is 12.5. The van der Waals surface area contributed by atoms with E-state index in [1.54, 1.807) is 0 Å². The molecule has 1 aliphatic carbocycles. The van der Waals surface area contributed by atoms with Crippen LogP contribution in [0.2, 0.25) is 19.6 Å². The van der Waals surface area contributed by atoms with Crippen molar-refractivity contribution in [3.05, 3.63) is 47.7 Å². The lowest BCUT2D eigenvalue weighted by atomic mass is 9.83. The van der Waals surface area contributed by atoms with E-state index in [1.807, 2.05) is 20.0 Å². The van der Waals surface area contributed by atoms with Gasteiger partial charge in [-0.25, -0.2) is 0 Å². The van der Waals surface area contributed by atoms with E-state index < -0.39 is 19.9 Å². The molecule has 1 nitrogen and oxygen atoms in total. The maximum absolute atomic E-state index is 8.93. The number of pyridine rings is 1. The van der Waals surface area contributed by atoms with Gasteiger partial charge < -0.3 is 0 Å². The fraction of sp³-hybridized carbons (Fsp3) is 0.522. The van der Waals surface area contributed by atoms with Crippen LogP contribution in [0.1, 0.15) is 71.6 Å². The second-order valence-electron chi connectivity index (χ2n) is 8.61. The van der Waals surface area contributed by atoms with Crippen molar-refractivity contribution >= 4 is 13.3 Å². The maximum Gasteiger partial charge on any atom is 0.0799 e. The summed E-state index contributed by atoms with van der Waals surface area (Å²) < 4.78 is 17.6. The van der Waals surface area contributed by atoms with Crippen molar-refractivity contribution in [1.82, 2.24) is 4.98 Å². The average Bonchev–Trinajstić information content (AvgIpc) is 2.60. The third kappa shape index (κ3) is 4.23. The Balaban J connectivity index is 2.06. The Morgan fingerprint density at radius 1 is 1.12 bits per heavy atom. The molecule has 1 heterocycles. The highest BCUT2D eigenvalue weighted by Crippen LogP contribution is 2.34. The molecule has 0 atom stereocenters. The lowest BCUT2D eigenvalue weighted by Gasteiger charge is -2.24. The van der Waals surface area contributed by atoms with Crippen molar-refractivity contribution in [2.45, 2.75) is 77.4 Å². The molecule has 2 aromatic rings. The van der Waals surface area contributed by atoms with Gasteiger partial charge >= 0.3 is 0 Å². The summed E-state index contributed by atoms with van der Waals surface area (Å²) in [4.78, 5) is 4.79. The highest BCUT2D eigenvalue weighted by molar-refractivity contribution is 6.89. The molecule has 0 unspecified atom stereocenters. The van der Waals surface area contributed by atoms with Gasteiger partial charge in [0.2, 0.25) is 0 Å². The lowest BCUT2D eigenvalue weighted by Crippen LogP contribution is -2.40. The third-order valence-electron chi connectivity index (χ3n) is 5.27. The molecule has 3 rings (SSSR count). The molecular weight excluding hydrogens is 318 g/mol. The van der Waals surface area contributed by atoms with E-state index in [9.17, 15) is 0 Å². The monoisotopic (exact) mass is 353 g/mol. The van der Waals surface area contributed by atoms with Crippen molar-refractivity contribution in [3.63, 3.8) is 0 Å². The zero-order valence-corrected chi connectivity index (χ0v) is 17.4. The van der Waals surface area contributed by atoms with Crippen LogP contribution in [0.15, 0.2) is 36.5 Å². The fourth-order valence-electron chi connectivity index (χ4n) is 3.79. The quantitative estimate of drug-likeness (QED) is 0.574. The van der Waals surface area contributed by atoms with Crippen LogP contribution in [-0.2, 0) is 0 Å². The minimum absolute atomic E-state index is 0.454. The van der Waals surface area contributed by atoms with E-state index in [1.165, 1.54) is 11.6 Å². The second-order valence-corrected chi connectivity index (χ2v) is 13.6. The minimum atomic E-state index is -1.57. The van der Waals surface area contributed by atoms with Crippen LogP contribution in [-0.4, -0.2) is 13.1 Å². The smallest absolute Gasteiger partial charge is 0.0799 e. The summed E-state index contributed by atoms with van der Waals surface area (Å²) in [6.07, 6.45) is 7.45. The molecular formula is C23H33NSi. The Bertz CT molecular complexity index is 812. The summed E-state index contributed by atoms with van der Waals surface area (Å²) in [6.45, 7) is 10.9.